The van der Waals surface area contributed by atoms with Crippen molar-refractivity contribution in [1.82, 2.24) is 14.3 Å². The predicted octanol–water partition coefficient (Wildman–Crippen LogP) is 4.95. The Labute approximate surface area is 213 Å². The second-order valence-corrected chi connectivity index (χ2v) is 10.7. The number of allylic oxidation sites excluding steroid dienone is 1. The molecule has 3 aromatic rings. The van der Waals surface area contributed by atoms with Crippen LogP contribution in [0.15, 0.2) is 65.8 Å². The van der Waals surface area contributed by atoms with Crippen LogP contribution in [-0.4, -0.2) is 43.0 Å². The van der Waals surface area contributed by atoms with Gasteiger partial charge in [0.2, 0.25) is 10.0 Å². The summed E-state index contributed by atoms with van der Waals surface area (Å²) >= 11 is 0. The van der Waals surface area contributed by atoms with Crippen LogP contribution in [0, 0.1) is 6.92 Å². The Bertz CT molecular complexity index is 1220. The van der Waals surface area contributed by atoms with Crippen LogP contribution in [-0.2, 0) is 27.8 Å². The van der Waals surface area contributed by atoms with Crippen molar-refractivity contribution < 1.29 is 22.6 Å². The first-order chi connectivity index (χ1) is 17.1. The van der Waals surface area contributed by atoms with E-state index in [0.717, 1.165) is 16.7 Å². The molecular weight excluding hydrogens is 478 g/mol. The molecule has 0 atom stereocenters. The fourth-order valence-corrected chi connectivity index (χ4v) is 4.84. The van der Waals surface area contributed by atoms with Gasteiger partial charge >= 0.3 is 0 Å². The van der Waals surface area contributed by atoms with Crippen LogP contribution in [0.1, 0.15) is 43.3 Å². The van der Waals surface area contributed by atoms with Crippen molar-refractivity contribution in [3.05, 3.63) is 88.3 Å². The van der Waals surface area contributed by atoms with E-state index >= 15 is 0 Å². The Morgan fingerprint density at radius 2 is 1.31 bits per heavy atom. The summed E-state index contributed by atoms with van der Waals surface area (Å²) in [6.07, 6.45) is 3.00. The van der Waals surface area contributed by atoms with E-state index in [4.69, 9.17) is 14.2 Å². The average Bonchev–Trinajstić information content (AvgIpc) is 2.87. The van der Waals surface area contributed by atoms with Crippen LogP contribution in [0.3, 0.4) is 0 Å². The number of sulfonamides is 1. The Balaban J connectivity index is 2.07. The SMILES string of the molecule is COc1ccc(CN(Cc2ccc(OC)cc2)S(=O)(=O)/C(C)=C(/OC(C)C)c2ncc(C)cn2)cc1. The van der Waals surface area contributed by atoms with Crippen LogP contribution in [0.2, 0.25) is 0 Å². The maximum atomic E-state index is 14.0. The van der Waals surface area contributed by atoms with Crippen LogP contribution in [0.4, 0.5) is 0 Å². The number of hydrogen-bond acceptors (Lipinski definition) is 7. The van der Waals surface area contributed by atoms with Gasteiger partial charge in [-0.1, -0.05) is 24.3 Å². The van der Waals surface area contributed by atoms with E-state index in [1.54, 1.807) is 26.6 Å². The summed E-state index contributed by atoms with van der Waals surface area (Å²) in [4.78, 5) is 8.70. The molecule has 0 N–H and O–H groups in total. The normalized spacial score (nSPS) is 12.4. The molecule has 0 radical (unpaired) electrons. The molecule has 8 nitrogen and oxygen atoms in total. The van der Waals surface area contributed by atoms with Gasteiger partial charge in [0, 0.05) is 25.5 Å². The number of rotatable bonds is 11. The molecule has 192 valence electrons. The highest BCUT2D eigenvalue weighted by Crippen LogP contribution is 2.28. The van der Waals surface area contributed by atoms with Gasteiger partial charge in [-0.05, 0) is 68.7 Å². The molecule has 0 aliphatic heterocycles. The highest BCUT2D eigenvalue weighted by atomic mass is 32.2. The zero-order valence-electron chi connectivity index (χ0n) is 21.6. The van der Waals surface area contributed by atoms with Crippen LogP contribution in [0.25, 0.3) is 5.76 Å². The molecule has 2 aromatic carbocycles. The first-order valence-electron chi connectivity index (χ1n) is 11.6. The molecule has 0 unspecified atom stereocenters. The Kier molecular flexibility index (Phi) is 9.06. The molecule has 0 saturated carbocycles. The maximum Gasteiger partial charge on any atom is 0.243 e. The first kappa shape index (κ1) is 27.2. The fraction of sp³-hybridized carbons (Fsp3) is 0.333. The molecule has 0 aliphatic rings. The fourth-order valence-electron chi connectivity index (χ4n) is 3.44. The number of benzene rings is 2. The van der Waals surface area contributed by atoms with Crippen molar-refractivity contribution >= 4 is 15.8 Å². The highest BCUT2D eigenvalue weighted by Gasteiger charge is 2.30. The molecule has 0 amide bonds. The van der Waals surface area contributed by atoms with Crippen molar-refractivity contribution in [2.24, 2.45) is 0 Å². The summed E-state index contributed by atoms with van der Waals surface area (Å²) < 4.78 is 45.9. The van der Waals surface area contributed by atoms with Crippen LogP contribution >= 0.6 is 0 Å². The molecule has 1 heterocycles. The second-order valence-electron chi connectivity index (χ2n) is 8.61. The number of ether oxygens (including phenoxy) is 3. The molecule has 0 bridgehead atoms. The number of aryl methyl sites for hydroxylation is 1. The Morgan fingerprint density at radius 1 is 0.861 bits per heavy atom. The largest absolute Gasteiger partial charge is 0.497 e. The first-order valence-corrected chi connectivity index (χ1v) is 13.0. The van der Waals surface area contributed by atoms with Gasteiger partial charge in [0.15, 0.2) is 11.6 Å². The Morgan fingerprint density at radius 3 is 1.69 bits per heavy atom. The van der Waals surface area contributed by atoms with Gasteiger partial charge in [0.25, 0.3) is 0 Å². The van der Waals surface area contributed by atoms with Crippen LogP contribution < -0.4 is 9.47 Å². The van der Waals surface area contributed by atoms with Gasteiger partial charge in [0.1, 0.15) is 16.4 Å². The van der Waals surface area contributed by atoms with Crippen molar-refractivity contribution in [3.8, 4) is 11.5 Å². The van der Waals surface area contributed by atoms with E-state index in [-0.39, 0.29) is 35.7 Å². The third-order valence-corrected chi connectivity index (χ3v) is 7.32. The van der Waals surface area contributed by atoms with Crippen LogP contribution in [0.5, 0.6) is 11.5 Å². The van der Waals surface area contributed by atoms with Crippen molar-refractivity contribution in [1.29, 1.82) is 0 Å². The number of aromatic nitrogens is 2. The molecular formula is C27H33N3O5S. The molecule has 1 aromatic heterocycles. The summed E-state index contributed by atoms with van der Waals surface area (Å²) in [6.45, 7) is 7.37. The quantitative estimate of drug-likeness (QED) is 0.337. The molecule has 36 heavy (non-hydrogen) atoms. The van der Waals surface area contributed by atoms with Crippen molar-refractivity contribution in [2.75, 3.05) is 14.2 Å². The third kappa shape index (κ3) is 6.83. The Hall–Kier alpha value is -3.43. The monoisotopic (exact) mass is 511 g/mol. The molecule has 0 saturated heterocycles. The van der Waals surface area contributed by atoms with Crippen molar-refractivity contribution in [2.45, 2.75) is 46.9 Å². The van der Waals surface area contributed by atoms with Gasteiger partial charge in [0.05, 0.1) is 20.3 Å². The number of nitrogens with zero attached hydrogens (tertiary/aromatic N) is 3. The van der Waals surface area contributed by atoms with Gasteiger partial charge < -0.3 is 14.2 Å². The van der Waals surface area contributed by atoms with Gasteiger partial charge in [-0.2, -0.15) is 4.31 Å². The summed E-state index contributed by atoms with van der Waals surface area (Å²) in [5.41, 5.74) is 2.50. The molecule has 3 rings (SSSR count). The predicted molar refractivity (Wildman–Crippen MR) is 140 cm³/mol. The van der Waals surface area contributed by atoms with Crippen molar-refractivity contribution in [3.63, 3.8) is 0 Å². The van der Waals surface area contributed by atoms with Gasteiger partial charge in [-0.15, -0.1) is 0 Å². The molecule has 9 heteroatoms. The standard InChI is InChI=1S/C27H33N3O5S/c1-19(2)35-26(27-28-15-20(3)16-29-27)21(4)36(31,32)30(17-22-7-11-24(33-5)12-8-22)18-23-9-13-25(34-6)14-10-23/h7-16,19H,17-18H2,1-6H3/b26-21+. The lowest BCUT2D eigenvalue weighted by Gasteiger charge is -2.25. The van der Waals surface area contributed by atoms with E-state index in [2.05, 4.69) is 9.97 Å². The summed E-state index contributed by atoms with van der Waals surface area (Å²) in [6, 6.07) is 14.6. The molecule has 0 spiro atoms. The highest BCUT2D eigenvalue weighted by molar-refractivity contribution is 7.93. The van der Waals surface area contributed by atoms with E-state index in [1.807, 2.05) is 69.3 Å². The number of hydrogen-bond donors (Lipinski definition) is 0. The number of methoxy groups -OCH3 is 2. The summed E-state index contributed by atoms with van der Waals surface area (Å²) in [5, 5.41) is 0. The van der Waals surface area contributed by atoms with Gasteiger partial charge in [-0.25, -0.2) is 18.4 Å². The van der Waals surface area contributed by atoms with E-state index in [1.165, 1.54) is 11.2 Å². The minimum atomic E-state index is -3.99. The minimum Gasteiger partial charge on any atom is -0.497 e. The molecule has 0 fully saturated rings. The minimum absolute atomic E-state index is 0.0436. The maximum absolute atomic E-state index is 14.0. The smallest absolute Gasteiger partial charge is 0.243 e. The van der Waals surface area contributed by atoms with E-state index in [9.17, 15) is 8.42 Å². The zero-order chi connectivity index (χ0) is 26.3. The molecule has 0 aliphatic carbocycles. The zero-order valence-corrected chi connectivity index (χ0v) is 22.4. The lowest BCUT2D eigenvalue weighted by molar-refractivity contribution is 0.201. The summed E-state index contributed by atoms with van der Waals surface area (Å²) in [7, 11) is -0.806. The van der Waals surface area contributed by atoms with E-state index < -0.39 is 10.0 Å². The summed E-state index contributed by atoms with van der Waals surface area (Å²) in [5.74, 6) is 1.76. The lowest BCUT2D eigenvalue weighted by atomic mass is 10.2. The average molecular weight is 512 g/mol. The lowest BCUT2D eigenvalue weighted by Crippen LogP contribution is -2.31. The topological polar surface area (TPSA) is 90.9 Å². The van der Waals surface area contributed by atoms with Gasteiger partial charge in [-0.3, -0.25) is 0 Å². The third-order valence-electron chi connectivity index (χ3n) is 5.42. The van der Waals surface area contributed by atoms with E-state index in [0.29, 0.717) is 11.5 Å². The second kappa shape index (κ2) is 12.0.